The average molecular weight is 327 g/mol. The second kappa shape index (κ2) is 7.88. The molecule has 2 N–H and O–H groups in total. The van der Waals surface area contributed by atoms with E-state index in [1.165, 1.54) is 38.8 Å². The number of aromatic hydroxyl groups is 1. The Morgan fingerprint density at radius 2 is 1.89 bits per heavy atom. The number of halogens is 1. The van der Waals surface area contributed by atoms with Crippen LogP contribution in [0.15, 0.2) is 22.7 Å². The van der Waals surface area contributed by atoms with Crippen molar-refractivity contribution in [1.82, 2.24) is 10.2 Å². The van der Waals surface area contributed by atoms with E-state index in [4.69, 9.17) is 0 Å². The van der Waals surface area contributed by atoms with Crippen LogP contribution in [0.3, 0.4) is 0 Å². The Morgan fingerprint density at radius 1 is 1.16 bits per heavy atom. The summed E-state index contributed by atoms with van der Waals surface area (Å²) in [5, 5.41) is 13.2. The molecule has 0 bridgehead atoms. The van der Waals surface area contributed by atoms with Crippen molar-refractivity contribution in [3.05, 3.63) is 28.2 Å². The molecule has 4 heteroatoms. The monoisotopic (exact) mass is 326 g/mol. The van der Waals surface area contributed by atoms with Crippen molar-refractivity contribution in [2.24, 2.45) is 0 Å². The van der Waals surface area contributed by atoms with Crippen LogP contribution in [0.1, 0.15) is 31.2 Å². The lowest BCUT2D eigenvalue weighted by Gasteiger charge is -2.19. The van der Waals surface area contributed by atoms with Crippen molar-refractivity contribution >= 4 is 15.9 Å². The highest BCUT2D eigenvalue weighted by atomic mass is 79.9. The lowest BCUT2D eigenvalue weighted by Crippen LogP contribution is -2.32. The van der Waals surface area contributed by atoms with Crippen LogP contribution in [0.5, 0.6) is 5.75 Å². The Kier molecular flexibility index (Phi) is 6.14. The summed E-state index contributed by atoms with van der Waals surface area (Å²) in [6.07, 6.45) is 5.45. The molecule has 1 fully saturated rings. The molecule has 0 amide bonds. The van der Waals surface area contributed by atoms with Crippen LogP contribution in [0.2, 0.25) is 0 Å². The predicted octanol–water partition coefficient (Wildman–Crippen LogP) is 3.12. The number of benzene rings is 1. The molecule has 0 unspecified atom stereocenters. The SMILES string of the molecule is Oc1ccc(Br)cc1CNCCN1CCCCCC1. The van der Waals surface area contributed by atoms with Crippen LogP contribution in [0.4, 0.5) is 0 Å². The Hall–Kier alpha value is -0.580. The van der Waals surface area contributed by atoms with Crippen LogP contribution in [0.25, 0.3) is 0 Å². The first-order chi connectivity index (χ1) is 9.25. The van der Waals surface area contributed by atoms with Crippen molar-refractivity contribution in [2.45, 2.75) is 32.2 Å². The van der Waals surface area contributed by atoms with Gasteiger partial charge in [-0.15, -0.1) is 0 Å². The van der Waals surface area contributed by atoms with E-state index >= 15 is 0 Å². The van der Waals surface area contributed by atoms with Crippen LogP contribution < -0.4 is 5.32 Å². The maximum absolute atomic E-state index is 9.75. The van der Waals surface area contributed by atoms with Crippen molar-refractivity contribution < 1.29 is 5.11 Å². The van der Waals surface area contributed by atoms with Crippen molar-refractivity contribution in [3.63, 3.8) is 0 Å². The molecular weight excluding hydrogens is 304 g/mol. The summed E-state index contributed by atoms with van der Waals surface area (Å²) in [5.41, 5.74) is 0.949. The fraction of sp³-hybridized carbons (Fsp3) is 0.600. The second-order valence-electron chi connectivity index (χ2n) is 5.21. The highest BCUT2D eigenvalue weighted by Crippen LogP contribution is 2.21. The van der Waals surface area contributed by atoms with Gasteiger partial charge in [0.2, 0.25) is 0 Å². The maximum atomic E-state index is 9.75. The molecule has 1 heterocycles. The molecule has 3 nitrogen and oxygen atoms in total. The molecule has 1 aliphatic heterocycles. The van der Waals surface area contributed by atoms with Crippen molar-refractivity contribution in [1.29, 1.82) is 0 Å². The van der Waals surface area contributed by atoms with E-state index in [1.54, 1.807) is 6.07 Å². The van der Waals surface area contributed by atoms with E-state index in [2.05, 4.69) is 26.1 Å². The van der Waals surface area contributed by atoms with Crippen molar-refractivity contribution in [3.8, 4) is 5.75 Å². The van der Waals surface area contributed by atoms with Gasteiger partial charge in [0.25, 0.3) is 0 Å². The van der Waals surface area contributed by atoms with E-state index in [0.717, 1.165) is 29.7 Å². The average Bonchev–Trinajstić information content (AvgIpc) is 2.67. The molecule has 0 aliphatic carbocycles. The van der Waals surface area contributed by atoms with Crippen molar-refractivity contribution in [2.75, 3.05) is 26.2 Å². The normalized spacial score (nSPS) is 17.3. The molecule has 19 heavy (non-hydrogen) atoms. The first-order valence-electron chi connectivity index (χ1n) is 7.16. The predicted molar refractivity (Wildman–Crippen MR) is 82.4 cm³/mol. The van der Waals surface area contributed by atoms with Crippen LogP contribution in [-0.4, -0.2) is 36.2 Å². The second-order valence-corrected chi connectivity index (χ2v) is 6.12. The van der Waals surface area contributed by atoms with Gasteiger partial charge in [-0.2, -0.15) is 0 Å². The minimum Gasteiger partial charge on any atom is -0.508 e. The molecule has 1 saturated heterocycles. The molecule has 2 rings (SSSR count). The van der Waals surface area contributed by atoms with Gasteiger partial charge in [0.05, 0.1) is 0 Å². The number of phenols is 1. The summed E-state index contributed by atoms with van der Waals surface area (Å²) in [4.78, 5) is 2.54. The molecule has 1 aromatic rings. The maximum Gasteiger partial charge on any atom is 0.120 e. The first-order valence-corrected chi connectivity index (χ1v) is 7.95. The zero-order valence-corrected chi connectivity index (χ0v) is 13.0. The zero-order chi connectivity index (χ0) is 13.5. The molecule has 0 aromatic heterocycles. The van der Waals surface area contributed by atoms with Gasteiger partial charge in [-0.05, 0) is 44.1 Å². The van der Waals surface area contributed by atoms with E-state index in [-0.39, 0.29) is 0 Å². The van der Waals surface area contributed by atoms with Gasteiger partial charge in [0.15, 0.2) is 0 Å². The number of hydrogen-bond donors (Lipinski definition) is 2. The molecule has 106 valence electrons. The Labute approximate surface area is 124 Å². The first kappa shape index (κ1) is 14.8. The summed E-state index contributed by atoms with van der Waals surface area (Å²) in [6.45, 7) is 5.29. The van der Waals surface area contributed by atoms with E-state index in [9.17, 15) is 5.11 Å². The molecule has 0 spiro atoms. The van der Waals surface area contributed by atoms with E-state index in [0.29, 0.717) is 5.75 Å². The highest BCUT2D eigenvalue weighted by molar-refractivity contribution is 9.10. The third-order valence-electron chi connectivity index (χ3n) is 3.66. The van der Waals surface area contributed by atoms with Gasteiger partial charge in [-0.1, -0.05) is 28.8 Å². The van der Waals surface area contributed by atoms with Crippen LogP contribution >= 0.6 is 15.9 Å². The standard InChI is InChI=1S/C15H23BrN2O/c16-14-5-6-15(19)13(11-14)12-17-7-10-18-8-3-1-2-4-9-18/h5-6,11,17,19H,1-4,7-10,12H2. The van der Waals surface area contributed by atoms with Gasteiger partial charge in [0.1, 0.15) is 5.75 Å². The number of rotatable bonds is 5. The van der Waals surface area contributed by atoms with Gasteiger partial charge in [-0.3, -0.25) is 0 Å². The molecule has 0 radical (unpaired) electrons. The lowest BCUT2D eigenvalue weighted by atomic mass is 10.2. The zero-order valence-electron chi connectivity index (χ0n) is 11.4. The Morgan fingerprint density at radius 3 is 2.63 bits per heavy atom. The largest absolute Gasteiger partial charge is 0.508 e. The summed E-state index contributed by atoms with van der Waals surface area (Å²) >= 11 is 3.43. The quantitative estimate of drug-likeness (QED) is 0.816. The molecule has 1 aliphatic rings. The molecule has 0 atom stereocenters. The summed E-state index contributed by atoms with van der Waals surface area (Å²) in [7, 11) is 0. The third kappa shape index (κ3) is 5.13. The minimum absolute atomic E-state index is 0.366. The summed E-state index contributed by atoms with van der Waals surface area (Å²) in [6, 6.07) is 5.56. The van der Waals surface area contributed by atoms with Crippen LogP contribution in [-0.2, 0) is 6.54 Å². The molecular formula is C15H23BrN2O. The van der Waals surface area contributed by atoms with Crippen LogP contribution in [0, 0.1) is 0 Å². The number of phenolic OH excluding ortho intramolecular Hbond substituents is 1. The van der Waals surface area contributed by atoms with E-state index in [1.807, 2.05) is 12.1 Å². The topological polar surface area (TPSA) is 35.5 Å². The fourth-order valence-corrected chi connectivity index (χ4v) is 2.92. The van der Waals surface area contributed by atoms with Gasteiger partial charge in [-0.25, -0.2) is 0 Å². The van der Waals surface area contributed by atoms with E-state index < -0.39 is 0 Å². The minimum atomic E-state index is 0.366. The number of nitrogens with zero attached hydrogens (tertiary/aromatic N) is 1. The Balaban J connectivity index is 1.69. The third-order valence-corrected chi connectivity index (χ3v) is 4.15. The number of likely N-dealkylation sites (tertiary alicyclic amines) is 1. The number of hydrogen-bond acceptors (Lipinski definition) is 3. The smallest absolute Gasteiger partial charge is 0.120 e. The Bertz CT molecular complexity index is 390. The number of nitrogens with one attached hydrogen (secondary N) is 1. The van der Waals surface area contributed by atoms with Gasteiger partial charge < -0.3 is 15.3 Å². The van der Waals surface area contributed by atoms with Gasteiger partial charge >= 0.3 is 0 Å². The molecule has 1 aromatic carbocycles. The summed E-state index contributed by atoms with van der Waals surface area (Å²) < 4.78 is 1.01. The molecule has 0 saturated carbocycles. The summed E-state index contributed by atoms with van der Waals surface area (Å²) in [5.74, 6) is 0.366. The fourth-order valence-electron chi connectivity index (χ4n) is 2.52. The van der Waals surface area contributed by atoms with Gasteiger partial charge in [0, 0.05) is 29.7 Å². The lowest BCUT2D eigenvalue weighted by molar-refractivity contribution is 0.284. The highest BCUT2D eigenvalue weighted by Gasteiger charge is 2.08.